The number of amides is 1. The van der Waals surface area contributed by atoms with Crippen molar-refractivity contribution < 1.29 is 4.79 Å². The summed E-state index contributed by atoms with van der Waals surface area (Å²) >= 11 is 0. The molecule has 1 atom stereocenters. The van der Waals surface area contributed by atoms with E-state index in [1.807, 2.05) is 43.1 Å². The molecule has 0 saturated carbocycles. The smallest absolute Gasteiger partial charge is 0.244 e. The normalized spacial score (nSPS) is 21.1. The van der Waals surface area contributed by atoms with Crippen molar-refractivity contribution in [2.45, 2.75) is 19.4 Å². The molecule has 0 radical (unpaired) electrons. The van der Waals surface area contributed by atoms with Gasteiger partial charge in [0.2, 0.25) is 5.91 Å². The maximum Gasteiger partial charge on any atom is 0.244 e. The number of nitrogens with zero attached hydrogens (tertiary/aromatic N) is 1. The summed E-state index contributed by atoms with van der Waals surface area (Å²) in [5.74, 6) is 0.182. The van der Waals surface area contributed by atoms with Crippen LogP contribution in [0.4, 0.5) is 5.69 Å². The predicted octanol–water partition coefficient (Wildman–Crippen LogP) is 1.32. The summed E-state index contributed by atoms with van der Waals surface area (Å²) in [5.41, 5.74) is 2.22. The highest BCUT2D eigenvalue weighted by Gasteiger charge is 2.30. The number of rotatable bonds is 2. The van der Waals surface area contributed by atoms with Crippen molar-refractivity contribution in [3.63, 3.8) is 0 Å². The van der Waals surface area contributed by atoms with Gasteiger partial charge in [-0.2, -0.15) is 0 Å². The number of likely N-dealkylation sites (N-methyl/N-ethyl adjacent to an activating group) is 1. The van der Waals surface area contributed by atoms with Crippen molar-refractivity contribution in [2.75, 3.05) is 18.5 Å². The van der Waals surface area contributed by atoms with E-state index in [1.54, 1.807) is 0 Å². The molecule has 2 rings (SSSR count). The number of carbonyl (C=O) groups excluding carboxylic acids is 1. The molecular weight excluding hydrogens is 188 g/mol. The summed E-state index contributed by atoms with van der Waals surface area (Å²) in [6.45, 7) is 2.86. The molecule has 1 amide bonds. The van der Waals surface area contributed by atoms with E-state index in [9.17, 15) is 4.79 Å². The quantitative estimate of drug-likeness (QED) is 0.788. The summed E-state index contributed by atoms with van der Waals surface area (Å²) < 4.78 is 0. The van der Waals surface area contributed by atoms with Crippen molar-refractivity contribution in [2.24, 2.45) is 0 Å². The maximum atomic E-state index is 11.9. The highest BCUT2D eigenvalue weighted by atomic mass is 16.2. The lowest BCUT2D eigenvalue weighted by atomic mass is 10.2. The van der Waals surface area contributed by atoms with Crippen LogP contribution in [0.1, 0.15) is 12.0 Å². The third-order valence-electron chi connectivity index (χ3n) is 2.90. The molecule has 1 heterocycles. The van der Waals surface area contributed by atoms with Gasteiger partial charge < -0.3 is 10.2 Å². The van der Waals surface area contributed by atoms with E-state index >= 15 is 0 Å². The van der Waals surface area contributed by atoms with E-state index in [4.69, 9.17) is 0 Å². The minimum Gasteiger partial charge on any atom is -0.311 e. The second-order valence-electron chi connectivity index (χ2n) is 3.96. The van der Waals surface area contributed by atoms with Gasteiger partial charge in [-0.25, -0.2) is 0 Å². The van der Waals surface area contributed by atoms with E-state index in [2.05, 4.69) is 5.32 Å². The fourth-order valence-electron chi connectivity index (χ4n) is 1.93. The van der Waals surface area contributed by atoms with Crippen molar-refractivity contribution >= 4 is 11.6 Å². The largest absolute Gasteiger partial charge is 0.311 e. The van der Waals surface area contributed by atoms with Crippen LogP contribution in [0.2, 0.25) is 0 Å². The van der Waals surface area contributed by atoms with Gasteiger partial charge in [-0.15, -0.1) is 0 Å². The fourth-order valence-corrected chi connectivity index (χ4v) is 1.93. The van der Waals surface area contributed by atoms with Crippen LogP contribution >= 0.6 is 0 Å². The Hall–Kier alpha value is -1.35. The first-order chi connectivity index (χ1) is 7.22. The minimum absolute atomic E-state index is 0.00805. The van der Waals surface area contributed by atoms with Gasteiger partial charge in [0, 0.05) is 12.2 Å². The Kier molecular flexibility index (Phi) is 2.73. The summed E-state index contributed by atoms with van der Waals surface area (Å²) in [4.78, 5) is 13.7. The molecule has 0 unspecified atom stereocenters. The van der Waals surface area contributed by atoms with Gasteiger partial charge in [0.1, 0.15) is 0 Å². The number of nitrogens with one attached hydrogen (secondary N) is 1. The Bertz CT molecular complexity index is 358. The number of aryl methyl sites for hydroxylation is 1. The zero-order valence-electron chi connectivity index (χ0n) is 9.16. The molecule has 0 aromatic heterocycles. The lowest BCUT2D eigenvalue weighted by Crippen LogP contribution is -2.36. The van der Waals surface area contributed by atoms with Gasteiger partial charge in [0.15, 0.2) is 0 Å². The zero-order valence-corrected chi connectivity index (χ0v) is 9.16. The maximum absolute atomic E-state index is 11.9. The van der Waals surface area contributed by atoms with Crippen LogP contribution in [0.25, 0.3) is 0 Å². The highest BCUT2D eigenvalue weighted by molar-refractivity contribution is 5.99. The zero-order chi connectivity index (χ0) is 10.8. The second-order valence-corrected chi connectivity index (χ2v) is 3.96. The molecule has 80 valence electrons. The molecule has 1 aliphatic heterocycles. The molecule has 1 aromatic rings. The van der Waals surface area contributed by atoms with Gasteiger partial charge in [-0.05, 0) is 32.5 Å². The van der Waals surface area contributed by atoms with E-state index in [-0.39, 0.29) is 11.9 Å². The van der Waals surface area contributed by atoms with Gasteiger partial charge in [0.05, 0.1) is 6.04 Å². The molecule has 0 bridgehead atoms. The number of benzene rings is 1. The third kappa shape index (κ3) is 1.88. The van der Waals surface area contributed by atoms with Crippen LogP contribution in [0.15, 0.2) is 24.3 Å². The molecule has 0 spiro atoms. The molecule has 15 heavy (non-hydrogen) atoms. The summed E-state index contributed by atoms with van der Waals surface area (Å²) in [6, 6.07) is 8.08. The van der Waals surface area contributed by atoms with Crippen molar-refractivity contribution in [1.29, 1.82) is 0 Å². The van der Waals surface area contributed by atoms with Crippen LogP contribution in [0.5, 0.6) is 0 Å². The molecular formula is C12H16N2O. The van der Waals surface area contributed by atoms with Crippen molar-refractivity contribution in [3.8, 4) is 0 Å². The average Bonchev–Trinajstić information content (AvgIpc) is 2.61. The monoisotopic (exact) mass is 204 g/mol. The number of hydrogen-bond acceptors (Lipinski definition) is 2. The lowest BCUT2D eigenvalue weighted by Gasteiger charge is -2.16. The predicted molar refractivity (Wildman–Crippen MR) is 61.0 cm³/mol. The van der Waals surface area contributed by atoms with E-state index in [1.165, 1.54) is 5.56 Å². The molecule has 0 aliphatic carbocycles. The molecule has 1 aromatic carbocycles. The Balaban J connectivity index is 2.19. The Morgan fingerprint density at radius 2 is 2.00 bits per heavy atom. The second kappa shape index (κ2) is 4.03. The van der Waals surface area contributed by atoms with Gasteiger partial charge in [-0.3, -0.25) is 4.79 Å². The van der Waals surface area contributed by atoms with Crippen molar-refractivity contribution in [1.82, 2.24) is 5.32 Å². The third-order valence-corrected chi connectivity index (χ3v) is 2.90. The molecule has 1 aliphatic rings. The summed E-state index contributed by atoms with van der Waals surface area (Å²) in [7, 11) is 1.83. The fraction of sp³-hybridized carbons (Fsp3) is 0.417. The Morgan fingerprint density at radius 3 is 2.53 bits per heavy atom. The van der Waals surface area contributed by atoms with Crippen LogP contribution in [-0.2, 0) is 4.79 Å². The molecule has 3 heteroatoms. The average molecular weight is 204 g/mol. The molecule has 1 N–H and O–H groups in total. The number of anilines is 1. The number of hydrogen-bond donors (Lipinski definition) is 1. The Labute approximate surface area is 90.1 Å². The van der Waals surface area contributed by atoms with E-state index < -0.39 is 0 Å². The lowest BCUT2D eigenvalue weighted by molar-refractivity contribution is -0.118. The molecule has 1 saturated heterocycles. The van der Waals surface area contributed by atoms with Crippen LogP contribution in [-0.4, -0.2) is 25.5 Å². The Morgan fingerprint density at radius 1 is 1.33 bits per heavy atom. The first-order valence-electron chi connectivity index (χ1n) is 5.27. The molecule has 1 fully saturated rings. The van der Waals surface area contributed by atoms with Crippen LogP contribution in [0.3, 0.4) is 0 Å². The summed E-state index contributed by atoms with van der Waals surface area (Å²) in [5, 5.41) is 3.03. The standard InChI is InChI=1S/C12H16N2O/c1-9-3-5-10(6-4-9)14-8-7-11(13-2)12(14)15/h3-6,11,13H,7-8H2,1-2H3/t11-/m0/s1. The first kappa shape index (κ1) is 10.2. The molecule has 3 nitrogen and oxygen atoms in total. The minimum atomic E-state index is -0.00805. The van der Waals surface area contributed by atoms with E-state index in [0.717, 1.165) is 18.7 Å². The van der Waals surface area contributed by atoms with Gasteiger partial charge in [-0.1, -0.05) is 17.7 Å². The first-order valence-corrected chi connectivity index (χ1v) is 5.27. The SMILES string of the molecule is CN[C@H]1CCN(c2ccc(C)cc2)C1=O. The topological polar surface area (TPSA) is 32.3 Å². The highest BCUT2D eigenvalue weighted by Crippen LogP contribution is 2.21. The van der Waals surface area contributed by atoms with E-state index in [0.29, 0.717) is 0 Å². The van der Waals surface area contributed by atoms with Crippen molar-refractivity contribution in [3.05, 3.63) is 29.8 Å². The number of carbonyl (C=O) groups is 1. The summed E-state index contributed by atoms with van der Waals surface area (Å²) in [6.07, 6.45) is 0.892. The van der Waals surface area contributed by atoms with Gasteiger partial charge in [0.25, 0.3) is 0 Å². The van der Waals surface area contributed by atoms with Crippen LogP contribution in [0, 0.1) is 6.92 Å². The van der Waals surface area contributed by atoms with Gasteiger partial charge >= 0.3 is 0 Å². The van der Waals surface area contributed by atoms with Crippen LogP contribution < -0.4 is 10.2 Å².